The van der Waals surface area contributed by atoms with Crippen molar-refractivity contribution >= 4 is 65.7 Å². The van der Waals surface area contributed by atoms with E-state index in [1.165, 1.54) is 0 Å². The Morgan fingerprint density at radius 2 is 0.319 bits per heavy atom. The van der Waals surface area contributed by atoms with Crippen LogP contribution in [0.25, 0.3) is 0 Å². The number of hydrogen-bond acceptors (Lipinski definition) is 18. The van der Waals surface area contributed by atoms with E-state index in [2.05, 4.69) is 72.4 Å². The van der Waals surface area contributed by atoms with Gasteiger partial charge in [-0.3, -0.25) is 0 Å². The van der Waals surface area contributed by atoms with E-state index in [9.17, 15) is 52.7 Å². The summed E-state index contributed by atoms with van der Waals surface area (Å²) in [6.07, 6.45) is 9.17. The minimum absolute atomic E-state index is 0.141. The van der Waals surface area contributed by atoms with Gasteiger partial charge < -0.3 is 91.5 Å². The van der Waals surface area contributed by atoms with E-state index in [0.717, 1.165) is 66.8 Å². The van der Waals surface area contributed by atoms with Gasteiger partial charge in [0.1, 0.15) is 0 Å². The number of ether oxygens (including phenoxy) is 1. The summed E-state index contributed by atoms with van der Waals surface area (Å²) >= 11 is 0. The number of rotatable bonds is 21. The lowest BCUT2D eigenvalue weighted by molar-refractivity contribution is -0.132. The molecule has 0 amide bonds. The zero-order valence-corrected chi connectivity index (χ0v) is 38.8. The van der Waals surface area contributed by atoms with Crippen LogP contribution in [0.5, 0.6) is 0 Å². The molecule has 0 unspecified atom stereocenters. The Bertz CT molecular complexity index is 1270. The first-order valence-electron chi connectivity index (χ1n) is 17.7. The smallest absolute Gasteiger partial charge is 0.327 e. The lowest BCUT2D eigenvalue weighted by Crippen LogP contribution is -2.43. The zero-order chi connectivity index (χ0) is 60.5. The highest BCUT2D eigenvalue weighted by atomic mass is 16.5. The molecule has 0 aliphatic rings. The maximum atomic E-state index is 9.25. The number of carbonyl (C=O) groups is 11. The lowest BCUT2D eigenvalue weighted by atomic mass is 9.91. The van der Waals surface area contributed by atoms with Gasteiger partial charge in [0.05, 0.1) is 63.7 Å². The van der Waals surface area contributed by atoms with Crippen molar-refractivity contribution in [1.29, 1.82) is 0 Å². The van der Waals surface area contributed by atoms with Crippen LogP contribution in [-0.4, -0.2) is 205 Å². The van der Waals surface area contributed by atoms with Crippen LogP contribution >= 0.6 is 0 Å². The van der Waals surface area contributed by atoms with Gasteiger partial charge in [0, 0.05) is 66.8 Å². The fraction of sp³-hybridized carbons (Fsp3) is 0.233. The first-order chi connectivity index (χ1) is 33.0. The number of hydrogen-bond donors (Lipinski definition) is 17. The van der Waals surface area contributed by atoms with Gasteiger partial charge in [-0.2, -0.15) is 0 Å². The second-order valence-electron chi connectivity index (χ2n) is 10.4. The third-order valence-corrected chi connectivity index (χ3v) is 4.75. The minimum Gasteiger partial charge on any atom is -0.478 e. The molecule has 0 fully saturated rings. The van der Waals surface area contributed by atoms with Gasteiger partial charge in [-0.1, -0.05) is 72.4 Å². The minimum atomic E-state index is -1.16. The second kappa shape index (κ2) is 73.6. The Morgan fingerprint density at radius 1 is 0.250 bits per heavy atom. The van der Waals surface area contributed by atoms with Crippen molar-refractivity contribution < 1.29 is 144 Å². The molecule has 0 radical (unpaired) electrons. The van der Waals surface area contributed by atoms with E-state index in [1.807, 2.05) is 0 Å². The molecule has 0 aliphatic heterocycles. The Balaban J connectivity index is -0.0000000569. The van der Waals surface area contributed by atoms with Crippen LogP contribution in [0.2, 0.25) is 0 Å². The quantitative estimate of drug-likeness (QED) is 0.0659. The second-order valence-corrected chi connectivity index (χ2v) is 10.4. The van der Waals surface area contributed by atoms with Gasteiger partial charge >= 0.3 is 65.7 Å². The number of carboxylic acid groups (broad SMARTS) is 11. The predicted octanol–water partition coefficient (Wildman–Crippen LogP) is -0.243. The van der Waals surface area contributed by atoms with Crippen molar-refractivity contribution in [2.75, 3.05) is 52.9 Å². The highest BCUT2D eigenvalue weighted by Crippen LogP contribution is 2.19. The van der Waals surface area contributed by atoms with Crippen LogP contribution in [0.15, 0.2) is 139 Å². The number of aliphatic hydroxyl groups excluding tert-OH is 6. The molecule has 0 rings (SSSR count). The first kappa shape index (κ1) is 93.1. The summed E-state index contributed by atoms with van der Waals surface area (Å²) in [5.41, 5.74) is -2.32. The molecule has 412 valence electrons. The van der Waals surface area contributed by atoms with Gasteiger partial charge in [0.25, 0.3) is 0 Å². The van der Waals surface area contributed by atoms with E-state index in [-0.39, 0.29) is 13.2 Å². The Labute approximate surface area is 412 Å². The Hall–Kier alpha value is -8.97. The third kappa shape index (κ3) is 144. The van der Waals surface area contributed by atoms with E-state index in [4.69, 9.17) is 91.5 Å². The Kier molecular flexibility index (Phi) is 95.2. The highest BCUT2D eigenvalue weighted by Gasteiger charge is 2.32. The molecular weight excluding hydrogens is 980 g/mol. The lowest BCUT2D eigenvalue weighted by Gasteiger charge is -2.31. The maximum absolute atomic E-state index is 9.25. The largest absolute Gasteiger partial charge is 0.478 e. The van der Waals surface area contributed by atoms with Gasteiger partial charge in [-0.15, -0.1) is 0 Å². The van der Waals surface area contributed by atoms with E-state index >= 15 is 0 Å². The topological polar surface area (TPSA) is 541 Å². The molecule has 0 aromatic rings. The van der Waals surface area contributed by atoms with E-state index in [1.54, 1.807) is 0 Å². The third-order valence-electron chi connectivity index (χ3n) is 4.75. The van der Waals surface area contributed by atoms with Crippen LogP contribution in [0.3, 0.4) is 0 Å². The molecule has 0 aliphatic carbocycles. The van der Waals surface area contributed by atoms with E-state index < -0.39 is 116 Å². The molecule has 0 heterocycles. The van der Waals surface area contributed by atoms with Crippen molar-refractivity contribution in [3.05, 3.63) is 139 Å². The summed E-state index contributed by atoms with van der Waals surface area (Å²) in [6.45, 7) is 29.6. The molecular formula is C43H66O29. The van der Waals surface area contributed by atoms with Crippen molar-refractivity contribution in [3.8, 4) is 0 Å². The summed E-state index contributed by atoms with van der Waals surface area (Å²) in [7, 11) is 0. The van der Waals surface area contributed by atoms with Gasteiger partial charge in [-0.05, 0) is 0 Å². The monoisotopic (exact) mass is 1050 g/mol. The van der Waals surface area contributed by atoms with E-state index in [0.29, 0.717) is 0 Å². The molecule has 72 heavy (non-hydrogen) atoms. The van der Waals surface area contributed by atoms with Crippen LogP contribution in [0, 0.1) is 10.8 Å². The van der Waals surface area contributed by atoms with Crippen LogP contribution in [-0.2, 0) is 57.5 Å². The van der Waals surface area contributed by atoms with Crippen LogP contribution < -0.4 is 0 Å². The molecule has 0 atom stereocenters. The Morgan fingerprint density at radius 3 is 0.361 bits per heavy atom. The average Bonchev–Trinajstić information content (AvgIpc) is 3.36. The van der Waals surface area contributed by atoms with Crippen LogP contribution in [0.4, 0.5) is 0 Å². The molecule has 29 nitrogen and oxygen atoms in total. The zero-order valence-electron chi connectivity index (χ0n) is 38.8. The van der Waals surface area contributed by atoms with Gasteiger partial charge in [-0.25, -0.2) is 52.7 Å². The highest BCUT2D eigenvalue weighted by molar-refractivity contribution is 5.81. The van der Waals surface area contributed by atoms with Crippen LogP contribution in [0.1, 0.15) is 0 Å². The molecule has 29 heteroatoms. The molecule has 0 bridgehead atoms. The summed E-state index contributed by atoms with van der Waals surface area (Å²) in [4.78, 5) is 102. The summed E-state index contributed by atoms with van der Waals surface area (Å²) in [5, 5.41) is 138. The van der Waals surface area contributed by atoms with Gasteiger partial charge in [0.15, 0.2) is 0 Å². The molecule has 0 spiro atoms. The standard InChI is InChI=1S/C10H22O7.11C3H4O2/c11-1-9(2-12,3-13)7-17-8-10(4-14,5-15)6-16;11*1-2-3(4)5/h11-16H,1-8H2;11*2H,1H2,(H,4,5). The first-order valence-corrected chi connectivity index (χ1v) is 17.7. The summed E-state index contributed by atoms with van der Waals surface area (Å²) in [6, 6.07) is 0. The predicted molar refractivity (Wildman–Crippen MR) is 254 cm³/mol. The SMILES string of the molecule is C=CC(=O)O.C=CC(=O)O.C=CC(=O)O.C=CC(=O)O.C=CC(=O)O.C=CC(=O)O.C=CC(=O)O.C=CC(=O)O.C=CC(=O)O.C=CC(=O)O.C=CC(=O)O.OCC(CO)(CO)COCC(CO)(CO)CO. The average molecular weight is 1050 g/mol. The van der Waals surface area contributed by atoms with Crippen molar-refractivity contribution in [2.45, 2.75) is 0 Å². The van der Waals surface area contributed by atoms with Gasteiger partial charge in [0.2, 0.25) is 0 Å². The fourth-order valence-electron chi connectivity index (χ4n) is 1.06. The number of aliphatic hydroxyl groups is 6. The summed E-state index contributed by atoms with van der Waals surface area (Å²) in [5.74, 6) is -10.8. The molecule has 17 N–H and O–H groups in total. The normalized spacial score (nSPS) is 7.97. The van der Waals surface area contributed by atoms with Crippen molar-refractivity contribution in [3.63, 3.8) is 0 Å². The fourth-order valence-corrected chi connectivity index (χ4v) is 1.06. The molecule has 0 saturated heterocycles. The van der Waals surface area contributed by atoms with Crippen molar-refractivity contribution in [1.82, 2.24) is 0 Å². The molecule has 0 aromatic heterocycles. The number of carboxylic acids is 11. The molecule has 0 saturated carbocycles. The number of aliphatic carboxylic acids is 11. The molecule has 0 aromatic carbocycles. The maximum Gasteiger partial charge on any atom is 0.327 e. The summed E-state index contributed by atoms with van der Waals surface area (Å²) < 4.78 is 5.15. The van der Waals surface area contributed by atoms with Crippen molar-refractivity contribution in [2.24, 2.45) is 10.8 Å².